The molecule has 5 heteroatoms. The molecule has 0 bridgehead atoms. The number of aromatic nitrogens is 2. The summed E-state index contributed by atoms with van der Waals surface area (Å²) < 4.78 is 0. The molecule has 2 aromatic rings. The van der Waals surface area contributed by atoms with Gasteiger partial charge in [-0.3, -0.25) is 9.89 Å². The molecule has 1 fully saturated rings. The van der Waals surface area contributed by atoms with Crippen molar-refractivity contribution in [3.05, 3.63) is 47.8 Å². The zero-order valence-corrected chi connectivity index (χ0v) is 13.6. The van der Waals surface area contributed by atoms with Gasteiger partial charge in [0.05, 0.1) is 17.6 Å². The first kappa shape index (κ1) is 15.7. The number of piperidine rings is 1. The number of hydrogen-bond donors (Lipinski definition) is 2. The molecule has 23 heavy (non-hydrogen) atoms. The van der Waals surface area contributed by atoms with Gasteiger partial charge in [0.15, 0.2) is 0 Å². The Morgan fingerprint density at radius 1 is 1.39 bits per heavy atom. The van der Waals surface area contributed by atoms with Gasteiger partial charge in [0.2, 0.25) is 5.91 Å². The number of nitrogens with one attached hydrogen (secondary N) is 2. The first-order valence-corrected chi connectivity index (χ1v) is 8.29. The third-order valence-corrected chi connectivity index (χ3v) is 4.45. The Hall–Kier alpha value is -2.14. The van der Waals surface area contributed by atoms with E-state index in [1.807, 2.05) is 0 Å². The molecule has 2 heterocycles. The van der Waals surface area contributed by atoms with Gasteiger partial charge < -0.3 is 10.2 Å². The predicted molar refractivity (Wildman–Crippen MR) is 91.5 cm³/mol. The minimum absolute atomic E-state index is 0.0515. The van der Waals surface area contributed by atoms with E-state index in [0.29, 0.717) is 5.92 Å². The van der Waals surface area contributed by atoms with E-state index in [-0.39, 0.29) is 5.91 Å². The molecule has 122 valence electrons. The van der Waals surface area contributed by atoms with E-state index in [0.717, 1.165) is 43.9 Å². The van der Waals surface area contributed by atoms with Crippen LogP contribution in [0.25, 0.3) is 0 Å². The van der Waals surface area contributed by atoms with Gasteiger partial charge in [-0.2, -0.15) is 5.10 Å². The highest BCUT2D eigenvalue weighted by Gasteiger charge is 2.24. The minimum atomic E-state index is -0.0515. The molecule has 0 radical (unpaired) electrons. The molecule has 5 nitrogen and oxygen atoms in total. The van der Waals surface area contributed by atoms with E-state index >= 15 is 0 Å². The van der Waals surface area contributed by atoms with Gasteiger partial charge in [-0.15, -0.1) is 0 Å². The largest absolute Gasteiger partial charge is 0.323 e. The van der Waals surface area contributed by atoms with Crippen LogP contribution in [0.4, 0.5) is 5.69 Å². The Balaban J connectivity index is 1.60. The summed E-state index contributed by atoms with van der Waals surface area (Å²) in [4.78, 5) is 13.8. The Labute approximate surface area is 137 Å². The number of anilines is 1. The maximum absolute atomic E-state index is 11.3. The van der Waals surface area contributed by atoms with Gasteiger partial charge in [-0.1, -0.05) is 30.3 Å². The standard InChI is InChI=1S/C18H24N4O/c1-14(23)20-17-12-19-21-18(17)16-8-5-10-22(13-16)11-9-15-6-3-2-4-7-15/h2-4,6-7,12,16H,5,8-11,13H2,1H3,(H,19,21)(H,20,23)/t16-/m1/s1. The summed E-state index contributed by atoms with van der Waals surface area (Å²) >= 11 is 0. The third kappa shape index (κ3) is 4.20. The molecule has 0 spiro atoms. The fourth-order valence-corrected chi connectivity index (χ4v) is 3.32. The van der Waals surface area contributed by atoms with E-state index in [4.69, 9.17) is 0 Å². The number of benzene rings is 1. The lowest BCUT2D eigenvalue weighted by Crippen LogP contribution is -2.36. The number of H-pyrrole nitrogens is 1. The van der Waals surface area contributed by atoms with Crippen LogP contribution in [-0.2, 0) is 11.2 Å². The summed E-state index contributed by atoms with van der Waals surface area (Å²) in [7, 11) is 0. The molecular formula is C18H24N4O. The van der Waals surface area contributed by atoms with E-state index < -0.39 is 0 Å². The fourth-order valence-electron chi connectivity index (χ4n) is 3.32. The van der Waals surface area contributed by atoms with E-state index in [1.54, 1.807) is 6.20 Å². The molecule has 0 unspecified atom stereocenters. The summed E-state index contributed by atoms with van der Waals surface area (Å²) in [6.45, 7) is 4.77. The van der Waals surface area contributed by atoms with Crippen molar-refractivity contribution < 1.29 is 4.79 Å². The van der Waals surface area contributed by atoms with Crippen LogP contribution in [0.5, 0.6) is 0 Å². The van der Waals surface area contributed by atoms with E-state index in [9.17, 15) is 4.79 Å². The highest BCUT2D eigenvalue weighted by atomic mass is 16.1. The number of rotatable bonds is 5. The SMILES string of the molecule is CC(=O)Nc1cn[nH]c1[C@@H]1CCCN(CCc2ccccc2)C1. The zero-order chi connectivity index (χ0) is 16.1. The lowest BCUT2D eigenvalue weighted by Gasteiger charge is -2.32. The number of likely N-dealkylation sites (tertiary alicyclic amines) is 1. The number of hydrogen-bond acceptors (Lipinski definition) is 3. The van der Waals surface area contributed by atoms with Crippen molar-refractivity contribution in [1.29, 1.82) is 0 Å². The summed E-state index contributed by atoms with van der Waals surface area (Å²) in [6, 6.07) is 10.6. The van der Waals surface area contributed by atoms with Crippen molar-refractivity contribution in [3.8, 4) is 0 Å². The molecule has 0 aliphatic carbocycles. The second kappa shape index (κ2) is 7.42. The Morgan fingerprint density at radius 3 is 3.00 bits per heavy atom. The number of carbonyl (C=O) groups excluding carboxylic acids is 1. The zero-order valence-electron chi connectivity index (χ0n) is 13.6. The monoisotopic (exact) mass is 312 g/mol. The van der Waals surface area contributed by atoms with Gasteiger partial charge in [0, 0.05) is 25.9 Å². The summed E-state index contributed by atoms with van der Waals surface area (Å²) in [5, 5.41) is 10.1. The maximum atomic E-state index is 11.3. The van der Waals surface area contributed by atoms with Gasteiger partial charge in [0.25, 0.3) is 0 Å². The molecule has 1 aromatic carbocycles. The number of carbonyl (C=O) groups is 1. The van der Waals surface area contributed by atoms with Crippen LogP contribution in [0.1, 0.15) is 36.9 Å². The average Bonchev–Trinajstić information content (AvgIpc) is 3.01. The van der Waals surface area contributed by atoms with Crippen molar-refractivity contribution >= 4 is 11.6 Å². The lowest BCUT2D eigenvalue weighted by molar-refractivity contribution is -0.114. The number of nitrogens with zero attached hydrogens (tertiary/aromatic N) is 2. The fraction of sp³-hybridized carbons (Fsp3) is 0.444. The maximum Gasteiger partial charge on any atom is 0.221 e. The van der Waals surface area contributed by atoms with Crippen LogP contribution < -0.4 is 5.32 Å². The van der Waals surface area contributed by atoms with E-state index in [2.05, 4.69) is 50.7 Å². The van der Waals surface area contributed by atoms with Crippen LogP contribution in [0.2, 0.25) is 0 Å². The molecule has 1 aliphatic rings. The van der Waals surface area contributed by atoms with Crippen molar-refractivity contribution in [1.82, 2.24) is 15.1 Å². The van der Waals surface area contributed by atoms with Crippen molar-refractivity contribution in [3.63, 3.8) is 0 Å². The number of aromatic amines is 1. The van der Waals surface area contributed by atoms with E-state index in [1.165, 1.54) is 18.9 Å². The lowest BCUT2D eigenvalue weighted by atomic mass is 9.93. The number of amides is 1. The van der Waals surface area contributed by atoms with Gasteiger partial charge in [-0.05, 0) is 31.4 Å². The summed E-state index contributed by atoms with van der Waals surface area (Å²) in [5.41, 5.74) is 3.27. The molecule has 3 rings (SSSR count). The first-order valence-electron chi connectivity index (χ1n) is 8.29. The quantitative estimate of drug-likeness (QED) is 0.892. The third-order valence-electron chi connectivity index (χ3n) is 4.45. The minimum Gasteiger partial charge on any atom is -0.323 e. The molecule has 1 atom stereocenters. The second-order valence-corrected chi connectivity index (χ2v) is 6.25. The van der Waals surface area contributed by atoms with Gasteiger partial charge >= 0.3 is 0 Å². The van der Waals surface area contributed by atoms with Crippen molar-refractivity contribution in [2.75, 3.05) is 25.0 Å². The molecular weight excluding hydrogens is 288 g/mol. The molecule has 0 saturated carbocycles. The predicted octanol–water partition coefficient (Wildman–Crippen LogP) is 2.79. The first-order chi connectivity index (χ1) is 11.2. The van der Waals surface area contributed by atoms with Gasteiger partial charge in [-0.25, -0.2) is 0 Å². The molecule has 1 aromatic heterocycles. The van der Waals surface area contributed by atoms with Gasteiger partial charge in [0.1, 0.15) is 0 Å². The molecule has 2 N–H and O–H groups in total. The van der Waals surface area contributed by atoms with Crippen LogP contribution in [0.15, 0.2) is 36.5 Å². The van der Waals surface area contributed by atoms with Crippen LogP contribution in [-0.4, -0.2) is 40.6 Å². The highest BCUT2D eigenvalue weighted by molar-refractivity contribution is 5.89. The Kier molecular flexibility index (Phi) is 5.08. The van der Waals surface area contributed by atoms with Crippen LogP contribution >= 0.6 is 0 Å². The topological polar surface area (TPSA) is 61.0 Å². The molecule has 1 aliphatic heterocycles. The van der Waals surface area contributed by atoms with Crippen LogP contribution in [0, 0.1) is 0 Å². The molecule has 1 saturated heterocycles. The Bertz CT molecular complexity index is 637. The average molecular weight is 312 g/mol. The Morgan fingerprint density at radius 2 is 2.22 bits per heavy atom. The summed E-state index contributed by atoms with van der Waals surface area (Å²) in [6.07, 6.45) is 5.10. The summed E-state index contributed by atoms with van der Waals surface area (Å²) in [5.74, 6) is 0.355. The highest BCUT2D eigenvalue weighted by Crippen LogP contribution is 2.30. The van der Waals surface area contributed by atoms with Crippen LogP contribution in [0.3, 0.4) is 0 Å². The smallest absolute Gasteiger partial charge is 0.221 e. The molecule has 1 amide bonds. The van der Waals surface area contributed by atoms with Crippen molar-refractivity contribution in [2.24, 2.45) is 0 Å². The second-order valence-electron chi connectivity index (χ2n) is 6.25. The van der Waals surface area contributed by atoms with Crippen molar-refractivity contribution in [2.45, 2.75) is 32.1 Å². The normalized spacial score (nSPS) is 18.7.